The minimum absolute atomic E-state index is 0.184. The molecule has 0 spiro atoms. The molecule has 0 aliphatic carbocycles. The predicted molar refractivity (Wildman–Crippen MR) is 61.2 cm³/mol. The molecule has 0 aromatic carbocycles. The van der Waals surface area contributed by atoms with Gasteiger partial charge in [0.05, 0.1) is 6.04 Å². The van der Waals surface area contributed by atoms with E-state index < -0.39 is 0 Å². The van der Waals surface area contributed by atoms with Crippen molar-refractivity contribution in [2.45, 2.75) is 45.2 Å². The third kappa shape index (κ3) is 2.92. The van der Waals surface area contributed by atoms with Gasteiger partial charge in [-0.2, -0.15) is 0 Å². The van der Waals surface area contributed by atoms with Crippen molar-refractivity contribution in [3.63, 3.8) is 0 Å². The van der Waals surface area contributed by atoms with Gasteiger partial charge in [0.2, 0.25) is 5.91 Å². The first-order valence-corrected chi connectivity index (χ1v) is 5.85. The second kappa shape index (κ2) is 5.47. The van der Waals surface area contributed by atoms with Gasteiger partial charge in [-0.3, -0.25) is 9.69 Å². The average molecular weight is 213 g/mol. The van der Waals surface area contributed by atoms with E-state index in [0.29, 0.717) is 12.6 Å². The van der Waals surface area contributed by atoms with Crippen molar-refractivity contribution in [2.24, 2.45) is 17.4 Å². The van der Waals surface area contributed by atoms with Gasteiger partial charge in [0.25, 0.3) is 0 Å². The van der Waals surface area contributed by atoms with Crippen LogP contribution in [0.25, 0.3) is 0 Å². The van der Waals surface area contributed by atoms with Crippen LogP contribution in [-0.4, -0.2) is 36.0 Å². The van der Waals surface area contributed by atoms with E-state index >= 15 is 0 Å². The summed E-state index contributed by atoms with van der Waals surface area (Å²) in [5.41, 5.74) is 11.1. The van der Waals surface area contributed by atoms with Gasteiger partial charge in [0, 0.05) is 12.6 Å². The SMILES string of the molecule is CCC1CCN(C(C)C(N)=O)C(CN)C1. The number of hydrogen-bond acceptors (Lipinski definition) is 3. The van der Waals surface area contributed by atoms with Crippen LogP contribution < -0.4 is 11.5 Å². The molecular weight excluding hydrogens is 190 g/mol. The monoisotopic (exact) mass is 213 g/mol. The zero-order valence-electron chi connectivity index (χ0n) is 9.78. The lowest BCUT2D eigenvalue weighted by Gasteiger charge is -2.41. The topological polar surface area (TPSA) is 72.3 Å². The van der Waals surface area contributed by atoms with Crippen LogP contribution in [0.2, 0.25) is 0 Å². The highest BCUT2D eigenvalue weighted by Crippen LogP contribution is 2.26. The third-order valence-electron chi connectivity index (χ3n) is 3.63. The van der Waals surface area contributed by atoms with E-state index in [1.165, 1.54) is 6.42 Å². The fraction of sp³-hybridized carbons (Fsp3) is 0.909. The van der Waals surface area contributed by atoms with E-state index in [0.717, 1.165) is 25.3 Å². The molecule has 1 amide bonds. The number of likely N-dealkylation sites (tertiary alicyclic amines) is 1. The molecule has 4 N–H and O–H groups in total. The van der Waals surface area contributed by atoms with Gasteiger partial charge in [-0.1, -0.05) is 13.3 Å². The zero-order valence-corrected chi connectivity index (χ0v) is 9.78. The van der Waals surface area contributed by atoms with E-state index in [-0.39, 0.29) is 11.9 Å². The zero-order chi connectivity index (χ0) is 11.4. The first-order valence-electron chi connectivity index (χ1n) is 5.85. The second-order valence-corrected chi connectivity index (χ2v) is 4.50. The molecule has 1 aliphatic rings. The minimum Gasteiger partial charge on any atom is -0.368 e. The second-order valence-electron chi connectivity index (χ2n) is 4.50. The van der Waals surface area contributed by atoms with Gasteiger partial charge in [-0.25, -0.2) is 0 Å². The first-order chi connectivity index (χ1) is 7.10. The summed E-state index contributed by atoms with van der Waals surface area (Å²) in [6, 6.07) is 0.141. The van der Waals surface area contributed by atoms with E-state index in [1.54, 1.807) is 0 Å². The summed E-state index contributed by atoms with van der Waals surface area (Å²) in [5.74, 6) is 0.512. The molecule has 1 saturated heterocycles. The average Bonchev–Trinajstić information content (AvgIpc) is 2.27. The smallest absolute Gasteiger partial charge is 0.234 e. The van der Waals surface area contributed by atoms with Crippen LogP contribution in [-0.2, 0) is 4.79 Å². The van der Waals surface area contributed by atoms with Crippen molar-refractivity contribution in [3.05, 3.63) is 0 Å². The van der Waals surface area contributed by atoms with Gasteiger partial charge in [-0.15, -0.1) is 0 Å². The highest BCUT2D eigenvalue weighted by molar-refractivity contribution is 5.79. The number of piperidine rings is 1. The van der Waals surface area contributed by atoms with Crippen LogP contribution in [0.3, 0.4) is 0 Å². The molecule has 88 valence electrons. The van der Waals surface area contributed by atoms with Crippen molar-refractivity contribution >= 4 is 5.91 Å². The summed E-state index contributed by atoms with van der Waals surface area (Å²) in [7, 11) is 0. The Balaban J connectivity index is 2.61. The first kappa shape index (κ1) is 12.5. The lowest BCUT2D eigenvalue weighted by molar-refractivity contribution is -0.124. The molecule has 1 rings (SSSR count). The van der Waals surface area contributed by atoms with Gasteiger partial charge in [0.1, 0.15) is 0 Å². The fourth-order valence-corrected chi connectivity index (χ4v) is 2.43. The molecule has 0 aromatic rings. The van der Waals surface area contributed by atoms with Crippen molar-refractivity contribution in [2.75, 3.05) is 13.1 Å². The molecule has 4 heteroatoms. The summed E-state index contributed by atoms with van der Waals surface area (Å²) >= 11 is 0. The molecule has 3 unspecified atom stereocenters. The van der Waals surface area contributed by atoms with E-state index in [2.05, 4.69) is 11.8 Å². The highest BCUT2D eigenvalue weighted by atomic mass is 16.1. The standard InChI is InChI=1S/C11H23N3O/c1-3-9-4-5-14(8(2)11(13)15)10(6-9)7-12/h8-10H,3-7,12H2,1-2H3,(H2,13,15). The summed E-state index contributed by atoms with van der Waals surface area (Å²) in [6.45, 7) is 5.65. The maximum absolute atomic E-state index is 11.2. The van der Waals surface area contributed by atoms with Crippen molar-refractivity contribution < 1.29 is 4.79 Å². The maximum atomic E-state index is 11.2. The molecule has 0 radical (unpaired) electrons. The Hall–Kier alpha value is -0.610. The number of hydrogen-bond donors (Lipinski definition) is 2. The number of carbonyl (C=O) groups is 1. The molecule has 0 bridgehead atoms. The summed E-state index contributed by atoms with van der Waals surface area (Å²) < 4.78 is 0. The van der Waals surface area contributed by atoms with Crippen molar-refractivity contribution in [3.8, 4) is 0 Å². The van der Waals surface area contributed by atoms with Crippen LogP contribution >= 0.6 is 0 Å². The highest BCUT2D eigenvalue weighted by Gasteiger charge is 2.31. The van der Waals surface area contributed by atoms with Gasteiger partial charge in [0.15, 0.2) is 0 Å². The summed E-state index contributed by atoms with van der Waals surface area (Å²) in [4.78, 5) is 13.3. The molecule has 15 heavy (non-hydrogen) atoms. The van der Waals surface area contributed by atoms with E-state index in [9.17, 15) is 4.79 Å². The molecule has 3 atom stereocenters. The lowest BCUT2D eigenvalue weighted by atomic mass is 9.88. The van der Waals surface area contributed by atoms with Gasteiger partial charge < -0.3 is 11.5 Å². The van der Waals surface area contributed by atoms with Crippen LogP contribution in [0.15, 0.2) is 0 Å². The molecule has 1 fully saturated rings. The minimum atomic E-state index is -0.247. The number of primary amides is 1. The third-order valence-corrected chi connectivity index (χ3v) is 3.63. The molecule has 0 aromatic heterocycles. The largest absolute Gasteiger partial charge is 0.368 e. The van der Waals surface area contributed by atoms with Crippen molar-refractivity contribution in [1.82, 2.24) is 4.90 Å². The normalized spacial score (nSPS) is 30.1. The molecule has 1 aliphatic heterocycles. The number of nitrogens with two attached hydrogens (primary N) is 2. The Bertz CT molecular complexity index is 220. The number of carbonyl (C=O) groups excluding carboxylic acids is 1. The molecule has 0 saturated carbocycles. The Morgan fingerprint density at radius 3 is 2.73 bits per heavy atom. The molecule has 1 heterocycles. The Kier molecular flexibility index (Phi) is 4.54. The Labute approximate surface area is 92.0 Å². The van der Waals surface area contributed by atoms with Crippen LogP contribution in [0.5, 0.6) is 0 Å². The van der Waals surface area contributed by atoms with Crippen LogP contribution in [0.1, 0.15) is 33.1 Å². The number of rotatable bonds is 4. The Morgan fingerprint density at radius 1 is 1.60 bits per heavy atom. The number of nitrogens with zero attached hydrogens (tertiary/aromatic N) is 1. The van der Waals surface area contributed by atoms with Gasteiger partial charge in [-0.05, 0) is 32.2 Å². The molecule has 4 nitrogen and oxygen atoms in total. The summed E-state index contributed by atoms with van der Waals surface area (Å²) in [5, 5.41) is 0. The number of amides is 1. The maximum Gasteiger partial charge on any atom is 0.234 e. The summed E-state index contributed by atoms with van der Waals surface area (Å²) in [6.07, 6.45) is 3.46. The van der Waals surface area contributed by atoms with Gasteiger partial charge >= 0.3 is 0 Å². The molecular formula is C11H23N3O. The van der Waals surface area contributed by atoms with E-state index in [4.69, 9.17) is 11.5 Å². The van der Waals surface area contributed by atoms with Crippen LogP contribution in [0, 0.1) is 5.92 Å². The quantitative estimate of drug-likeness (QED) is 0.706. The van der Waals surface area contributed by atoms with E-state index in [1.807, 2.05) is 6.92 Å². The van der Waals surface area contributed by atoms with Crippen molar-refractivity contribution in [1.29, 1.82) is 0 Å². The fourth-order valence-electron chi connectivity index (χ4n) is 2.43. The van der Waals surface area contributed by atoms with Crippen LogP contribution in [0.4, 0.5) is 0 Å². The lowest BCUT2D eigenvalue weighted by Crippen LogP contribution is -2.54. The Morgan fingerprint density at radius 2 is 2.27 bits per heavy atom. The predicted octanol–water partition coefficient (Wildman–Crippen LogP) is 0.310.